The first kappa shape index (κ1) is 19.6. The molecule has 4 aromatic rings. The number of esters is 1. The standard InChI is InChI=1S/C20H16N4O5S/c25-19(7-3-6-18-21-15-4-1-2-5-16(15)30-18)28-12-17-22-23-20(29-17)13-8-10-14(11-9-13)24(26)27/h1-2,4-5,8-11H,3,6-7,12H2. The highest BCUT2D eigenvalue weighted by Crippen LogP contribution is 2.23. The van der Waals surface area contributed by atoms with Gasteiger partial charge in [0.15, 0.2) is 6.61 Å². The number of benzene rings is 2. The Morgan fingerprint density at radius 1 is 1.13 bits per heavy atom. The largest absolute Gasteiger partial charge is 0.456 e. The Morgan fingerprint density at radius 2 is 1.93 bits per heavy atom. The number of fused-ring (bicyclic) bond motifs is 1. The van der Waals surface area contributed by atoms with Crippen LogP contribution in [-0.2, 0) is 22.6 Å². The number of nitrogens with zero attached hydrogens (tertiary/aromatic N) is 4. The van der Waals surface area contributed by atoms with Crippen LogP contribution in [0.4, 0.5) is 5.69 Å². The molecule has 0 unspecified atom stereocenters. The maximum atomic E-state index is 12.0. The van der Waals surface area contributed by atoms with Gasteiger partial charge in [0.1, 0.15) is 0 Å². The molecule has 9 nitrogen and oxygen atoms in total. The minimum Gasteiger partial charge on any atom is -0.456 e. The number of carbonyl (C=O) groups excluding carboxylic acids is 1. The van der Waals surface area contributed by atoms with E-state index in [9.17, 15) is 14.9 Å². The molecular weight excluding hydrogens is 408 g/mol. The van der Waals surface area contributed by atoms with Crippen LogP contribution in [0.5, 0.6) is 0 Å². The lowest BCUT2D eigenvalue weighted by atomic mass is 10.2. The highest BCUT2D eigenvalue weighted by atomic mass is 32.1. The van der Waals surface area contributed by atoms with Crippen molar-refractivity contribution < 1.29 is 18.9 Å². The monoisotopic (exact) mass is 424 g/mol. The summed E-state index contributed by atoms with van der Waals surface area (Å²) in [7, 11) is 0. The molecule has 0 spiro atoms. The summed E-state index contributed by atoms with van der Waals surface area (Å²) in [6.45, 7) is -0.125. The quantitative estimate of drug-likeness (QED) is 0.233. The summed E-state index contributed by atoms with van der Waals surface area (Å²) >= 11 is 1.63. The van der Waals surface area contributed by atoms with E-state index in [2.05, 4.69) is 15.2 Å². The molecule has 0 aliphatic heterocycles. The third-order valence-electron chi connectivity index (χ3n) is 4.26. The maximum absolute atomic E-state index is 12.0. The van der Waals surface area contributed by atoms with Gasteiger partial charge in [0.2, 0.25) is 5.89 Å². The van der Waals surface area contributed by atoms with Crippen LogP contribution in [0.15, 0.2) is 52.9 Å². The summed E-state index contributed by atoms with van der Waals surface area (Å²) in [4.78, 5) is 26.7. The Labute approximate surface area is 174 Å². The molecule has 2 aromatic heterocycles. The number of hydrogen-bond donors (Lipinski definition) is 0. The second-order valence-corrected chi connectivity index (χ2v) is 7.51. The number of aromatic nitrogens is 3. The molecule has 152 valence electrons. The summed E-state index contributed by atoms with van der Waals surface area (Å²) in [5, 5.41) is 19.4. The SMILES string of the molecule is O=C(CCCc1nc2ccccc2s1)OCc1nnc(-c2ccc([N+](=O)[O-])cc2)o1. The average molecular weight is 424 g/mol. The number of thiazole rings is 1. The predicted molar refractivity (Wildman–Crippen MR) is 109 cm³/mol. The summed E-state index contributed by atoms with van der Waals surface area (Å²) < 4.78 is 11.8. The highest BCUT2D eigenvalue weighted by Gasteiger charge is 2.13. The molecule has 0 atom stereocenters. The van der Waals surface area contributed by atoms with E-state index < -0.39 is 4.92 Å². The number of nitro groups is 1. The molecule has 0 bridgehead atoms. The Balaban J connectivity index is 1.24. The first-order valence-electron chi connectivity index (χ1n) is 9.16. The lowest BCUT2D eigenvalue weighted by Crippen LogP contribution is -2.05. The maximum Gasteiger partial charge on any atom is 0.306 e. The number of carbonyl (C=O) groups is 1. The number of ether oxygens (including phenoxy) is 1. The Kier molecular flexibility index (Phi) is 5.75. The second-order valence-electron chi connectivity index (χ2n) is 6.39. The first-order chi connectivity index (χ1) is 14.6. The van der Waals surface area contributed by atoms with Gasteiger partial charge in [-0.25, -0.2) is 4.98 Å². The number of aryl methyl sites for hydroxylation is 1. The van der Waals surface area contributed by atoms with Gasteiger partial charge in [-0.1, -0.05) is 12.1 Å². The van der Waals surface area contributed by atoms with E-state index >= 15 is 0 Å². The van der Waals surface area contributed by atoms with Crippen molar-refractivity contribution in [1.29, 1.82) is 0 Å². The van der Waals surface area contributed by atoms with E-state index in [0.29, 0.717) is 18.4 Å². The summed E-state index contributed by atoms with van der Waals surface area (Å²) in [6, 6.07) is 13.7. The van der Waals surface area contributed by atoms with Crippen molar-refractivity contribution in [1.82, 2.24) is 15.2 Å². The molecule has 0 saturated heterocycles. The zero-order valence-electron chi connectivity index (χ0n) is 15.7. The van der Waals surface area contributed by atoms with Crippen LogP contribution < -0.4 is 0 Å². The molecular formula is C20H16N4O5S. The first-order valence-corrected chi connectivity index (χ1v) is 9.97. The summed E-state index contributed by atoms with van der Waals surface area (Å²) in [5.74, 6) is 0.000792. The van der Waals surface area contributed by atoms with Gasteiger partial charge in [-0.3, -0.25) is 14.9 Å². The lowest BCUT2D eigenvalue weighted by molar-refractivity contribution is -0.384. The molecule has 10 heteroatoms. The molecule has 0 amide bonds. The number of non-ortho nitro benzene ring substituents is 1. The van der Waals surface area contributed by atoms with Gasteiger partial charge >= 0.3 is 5.97 Å². The molecule has 4 rings (SSSR count). The fraction of sp³-hybridized carbons (Fsp3) is 0.200. The van der Waals surface area contributed by atoms with Crippen LogP contribution in [0, 0.1) is 10.1 Å². The van der Waals surface area contributed by atoms with Crippen molar-refractivity contribution in [2.45, 2.75) is 25.9 Å². The van der Waals surface area contributed by atoms with E-state index in [4.69, 9.17) is 9.15 Å². The number of nitro benzene ring substituents is 1. The van der Waals surface area contributed by atoms with Crippen molar-refractivity contribution in [3.8, 4) is 11.5 Å². The highest BCUT2D eigenvalue weighted by molar-refractivity contribution is 7.18. The van der Waals surface area contributed by atoms with E-state index in [1.54, 1.807) is 11.3 Å². The van der Waals surface area contributed by atoms with Gasteiger partial charge in [-0.05, 0) is 37.1 Å². The van der Waals surface area contributed by atoms with Crippen LogP contribution in [0.2, 0.25) is 0 Å². The number of hydrogen-bond acceptors (Lipinski definition) is 9. The van der Waals surface area contributed by atoms with Crippen molar-refractivity contribution in [3.63, 3.8) is 0 Å². The van der Waals surface area contributed by atoms with Crippen molar-refractivity contribution in [2.24, 2.45) is 0 Å². The minimum absolute atomic E-state index is 0.0294. The van der Waals surface area contributed by atoms with Crippen LogP contribution >= 0.6 is 11.3 Å². The van der Waals surface area contributed by atoms with Crippen LogP contribution in [0.25, 0.3) is 21.7 Å². The lowest BCUT2D eigenvalue weighted by Gasteiger charge is -2.01. The summed E-state index contributed by atoms with van der Waals surface area (Å²) in [5.41, 5.74) is 1.49. The van der Waals surface area contributed by atoms with Crippen molar-refractivity contribution in [2.75, 3.05) is 0 Å². The van der Waals surface area contributed by atoms with Gasteiger partial charge in [0.05, 0.1) is 20.1 Å². The Bertz CT molecular complexity index is 1150. The van der Waals surface area contributed by atoms with Crippen LogP contribution in [0.1, 0.15) is 23.7 Å². The molecule has 0 saturated carbocycles. The number of rotatable bonds is 8. The normalized spacial score (nSPS) is 10.9. The van der Waals surface area contributed by atoms with E-state index in [1.807, 2.05) is 24.3 Å². The molecule has 0 aliphatic carbocycles. The Hall–Kier alpha value is -3.66. The second kappa shape index (κ2) is 8.78. The predicted octanol–water partition coefficient (Wildman–Crippen LogP) is 4.32. The fourth-order valence-electron chi connectivity index (χ4n) is 2.78. The van der Waals surface area contributed by atoms with Crippen molar-refractivity contribution in [3.05, 3.63) is 69.5 Å². The van der Waals surface area contributed by atoms with Gasteiger partial charge in [-0.2, -0.15) is 0 Å². The van der Waals surface area contributed by atoms with Gasteiger partial charge in [-0.15, -0.1) is 21.5 Å². The van der Waals surface area contributed by atoms with E-state index in [0.717, 1.165) is 15.2 Å². The molecule has 0 N–H and O–H groups in total. The zero-order chi connectivity index (χ0) is 20.9. The third kappa shape index (κ3) is 4.66. The van der Waals surface area contributed by atoms with Crippen LogP contribution in [0.3, 0.4) is 0 Å². The van der Waals surface area contributed by atoms with Gasteiger partial charge in [0, 0.05) is 24.1 Å². The molecule has 2 heterocycles. The minimum atomic E-state index is -0.487. The molecule has 0 fully saturated rings. The molecule has 0 aliphatic rings. The third-order valence-corrected chi connectivity index (χ3v) is 5.35. The van der Waals surface area contributed by atoms with Gasteiger partial charge in [0.25, 0.3) is 11.6 Å². The fourth-order valence-corrected chi connectivity index (χ4v) is 3.79. The number of para-hydroxylation sites is 1. The van der Waals surface area contributed by atoms with Crippen molar-refractivity contribution >= 4 is 33.2 Å². The molecule has 0 radical (unpaired) electrons. The summed E-state index contributed by atoms with van der Waals surface area (Å²) in [6.07, 6.45) is 1.61. The van der Waals surface area contributed by atoms with Crippen LogP contribution in [-0.4, -0.2) is 26.1 Å². The Morgan fingerprint density at radius 3 is 2.70 bits per heavy atom. The average Bonchev–Trinajstić information content (AvgIpc) is 3.39. The van der Waals surface area contributed by atoms with E-state index in [-0.39, 0.29) is 36.5 Å². The van der Waals surface area contributed by atoms with E-state index in [1.165, 1.54) is 24.3 Å². The van der Waals surface area contributed by atoms with Gasteiger partial charge < -0.3 is 9.15 Å². The smallest absolute Gasteiger partial charge is 0.306 e. The molecule has 2 aromatic carbocycles. The topological polar surface area (TPSA) is 121 Å². The zero-order valence-corrected chi connectivity index (χ0v) is 16.5. The molecule has 30 heavy (non-hydrogen) atoms.